The molecule has 0 aliphatic carbocycles. The van der Waals surface area contributed by atoms with Gasteiger partial charge in [-0.15, -0.1) is 10.2 Å². The first-order chi connectivity index (χ1) is 36.1. The van der Waals surface area contributed by atoms with Crippen LogP contribution in [0, 0.1) is 48.5 Å². The van der Waals surface area contributed by atoms with Crippen molar-refractivity contribution < 1.29 is 10.2 Å². The Kier molecular flexibility index (Phi) is 14.2. The molecule has 0 unspecified atom stereocenters. The smallest absolute Gasteiger partial charge is 0.233 e. The summed E-state index contributed by atoms with van der Waals surface area (Å²) >= 11 is 12.9. The maximum Gasteiger partial charge on any atom is 0.233 e. The minimum absolute atomic E-state index is 0.00200. The Labute approximate surface area is 444 Å². The highest BCUT2D eigenvalue weighted by atomic mass is 35.5. The second kappa shape index (κ2) is 21.1. The second-order valence-electron chi connectivity index (χ2n) is 18.9. The van der Waals surface area contributed by atoms with Crippen molar-refractivity contribution >= 4 is 127 Å². The van der Waals surface area contributed by atoms with Gasteiger partial charge >= 0.3 is 0 Å². The van der Waals surface area contributed by atoms with Crippen LogP contribution < -0.4 is 26.3 Å². The maximum absolute atomic E-state index is 11.7. The molecule has 0 bridgehead atoms. The minimum Gasteiger partial charge on any atom is -0.505 e. The molecule has 0 atom stereocenters. The summed E-state index contributed by atoms with van der Waals surface area (Å²) in [6, 6.07) is 27.5. The number of benzene rings is 7. The standard InChI is InChI=1S/C55H52BCl2N15O2/c1-28-11-12-31(4)42(24-28)69-71-47-32(5)26-35-23-29(2)25-43(44(35)49(47)75)61-53-63-50(57)62-52(66-53)59-17-18-72-19-21-73(22-20-72)55-65-51(58)64-54(67-55)60-41-16-14-38-39(45(41)56)27-33(6)46(48(38)74)70-68-40-15-13-36-30(3)9-8-10-37(36)34(40)7/h8-16,23-27,74-75H,17-22H2,1-7H3,(H,60,64,65,67)(H2,59,61,62,63,66). The highest BCUT2D eigenvalue weighted by molar-refractivity contribution is 6.43. The summed E-state index contributed by atoms with van der Waals surface area (Å²) in [5.41, 5.74) is 10.4. The molecule has 17 nitrogen and oxygen atoms in total. The Morgan fingerprint density at radius 2 is 1.24 bits per heavy atom. The van der Waals surface area contributed by atoms with Crippen molar-refractivity contribution in [3.8, 4) is 11.5 Å². The zero-order valence-electron chi connectivity index (χ0n) is 42.4. The van der Waals surface area contributed by atoms with Gasteiger partial charge < -0.3 is 31.1 Å². The van der Waals surface area contributed by atoms with Crippen molar-refractivity contribution in [1.29, 1.82) is 0 Å². The Morgan fingerprint density at radius 1 is 0.560 bits per heavy atom. The van der Waals surface area contributed by atoms with E-state index in [1.54, 1.807) is 12.1 Å². The second-order valence-corrected chi connectivity index (χ2v) is 19.5. The SMILES string of the molecule is [B]c1c(Nc2nc(Cl)nc(N3CCN(CCNc4nc(Cl)nc(Nc5cc(C)cc6cc(C)c(N=Nc7cc(C)ccc7C)c(O)c56)n4)CC3)n2)ccc2c(O)c(N=Nc3ccc4c(C)cccc4c3C)c(C)cc12. The molecule has 0 amide bonds. The number of aromatic hydroxyl groups is 2. The van der Waals surface area contributed by atoms with E-state index in [0.717, 1.165) is 63.1 Å². The molecule has 10 rings (SSSR count). The van der Waals surface area contributed by atoms with E-state index >= 15 is 0 Å². The lowest BCUT2D eigenvalue weighted by atomic mass is 9.86. The number of rotatable bonds is 13. The third-order valence-corrected chi connectivity index (χ3v) is 13.8. The minimum atomic E-state index is -0.0206. The maximum atomic E-state index is 11.7. The lowest BCUT2D eigenvalue weighted by molar-refractivity contribution is 0.266. The van der Waals surface area contributed by atoms with Gasteiger partial charge in [-0.3, -0.25) is 4.90 Å². The Morgan fingerprint density at radius 3 is 2.03 bits per heavy atom. The van der Waals surface area contributed by atoms with Crippen LogP contribution in [0.4, 0.5) is 57.9 Å². The van der Waals surface area contributed by atoms with Gasteiger partial charge in [0.15, 0.2) is 11.5 Å². The number of anilines is 6. The fourth-order valence-corrected chi connectivity index (χ4v) is 9.73. The normalized spacial score (nSPS) is 13.3. The molecule has 2 radical (unpaired) electrons. The summed E-state index contributed by atoms with van der Waals surface area (Å²) in [5, 5.41) is 55.9. The van der Waals surface area contributed by atoms with E-state index < -0.39 is 0 Å². The number of azo groups is 2. The Bertz CT molecular complexity index is 3790. The van der Waals surface area contributed by atoms with Gasteiger partial charge in [-0.05, 0) is 175 Å². The van der Waals surface area contributed by atoms with Crippen LogP contribution in [0.25, 0.3) is 32.3 Å². The number of piperazine rings is 1. The monoisotopic (exact) mass is 1040 g/mol. The molecule has 1 fully saturated rings. The van der Waals surface area contributed by atoms with Gasteiger partial charge in [0.25, 0.3) is 0 Å². The van der Waals surface area contributed by atoms with E-state index in [-0.39, 0.29) is 34.0 Å². The molecule has 9 aromatic rings. The van der Waals surface area contributed by atoms with Crippen LogP contribution in [0.2, 0.25) is 10.6 Å². The zero-order valence-corrected chi connectivity index (χ0v) is 43.9. The fourth-order valence-electron chi connectivity index (χ4n) is 9.41. The molecular weight excluding hydrogens is 984 g/mol. The van der Waals surface area contributed by atoms with Crippen molar-refractivity contribution in [3.05, 3.63) is 134 Å². The van der Waals surface area contributed by atoms with Gasteiger partial charge in [-0.1, -0.05) is 47.9 Å². The molecule has 1 aliphatic heterocycles. The van der Waals surface area contributed by atoms with E-state index in [2.05, 4.69) is 90.2 Å². The average Bonchev–Trinajstić information content (AvgIpc) is 3.36. The summed E-state index contributed by atoms with van der Waals surface area (Å²) in [6.07, 6.45) is 0. The van der Waals surface area contributed by atoms with Crippen molar-refractivity contribution in [2.75, 3.05) is 60.1 Å². The number of nitrogens with one attached hydrogen (secondary N) is 3. The van der Waals surface area contributed by atoms with Crippen molar-refractivity contribution in [2.24, 2.45) is 20.5 Å². The van der Waals surface area contributed by atoms with Crippen LogP contribution in [0.5, 0.6) is 11.5 Å². The first-order valence-corrected chi connectivity index (χ1v) is 25.1. The topological polar surface area (TPSA) is 210 Å². The van der Waals surface area contributed by atoms with Crippen molar-refractivity contribution in [1.82, 2.24) is 34.8 Å². The molecule has 2 aromatic heterocycles. The molecule has 5 N–H and O–H groups in total. The number of fused-ring (bicyclic) bond motifs is 3. The first kappa shape index (κ1) is 50.5. The molecule has 20 heteroatoms. The quantitative estimate of drug-likeness (QED) is 0.0538. The molecule has 1 aliphatic rings. The highest BCUT2D eigenvalue weighted by Gasteiger charge is 2.22. The third-order valence-electron chi connectivity index (χ3n) is 13.5. The number of halogens is 2. The van der Waals surface area contributed by atoms with E-state index in [0.29, 0.717) is 88.0 Å². The summed E-state index contributed by atoms with van der Waals surface area (Å²) in [4.78, 5) is 31.2. The molecular formula is C55H52BCl2N15O2. The predicted octanol–water partition coefficient (Wildman–Crippen LogP) is 12.7. The van der Waals surface area contributed by atoms with Crippen LogP contribution in [0.3, 0.4) is 0 Å². The van der Waals surface area contributed by atoms with E-state index in [1.165, 1.54) is 10.9 Å². The molecule has 376 valence electrons. The molecule has 0 spiro atoms. The van der Waals surface area contributed by atoms with Gasteiger partial charge in [0.05, 0.1) is 17.1 Å². The lowest BCUT2D eigenvalue weighted by Gasteiger charge is -2.34. The Balaban J connectivity index is 0.771. The summed E-state index contributed by atoms with van der Waals surface area (Å²) in [5.74, 6) is 1.12. The lowest BCUT2D eigenvalue weighted by Crippen LogP contribution is -2.48. The molecule has 3 heterocycles. The van der Waals surface area contributed by atoms with Crippen molar-refractivity contribution in [3.63, 3.8) is 0 Å². The fraction of sp³-hybridized carbons (Fsp3) is 0.236. The summed E-state index contributed by atoms with van der Waals surface area (Å²) < 4.78 is 0. The average molecular weight is 1040 g/mol. The predicted molar refractivity (Wildman–Crippen MR) is 302 cm³/mol. The number of hydrogen-bond acceptors (Lipinski definition) is 17. The van der Waals surface area contributed by atoms with Crippen molar-refractivity contribution in [2.45, 2.75) is 48.5 Å². The molecule has 75 heavy (non-hydrogen) atoms. The third kappa shape index (κ3) is 10.7. The van der Waals surface area contributed by atoms with Crippen LogP contribution in [0.15, 0.2) is 105 Å². The Hall–Kier alpha value is -8.06. The number of phenols is 2. The van der Waals surface area contributed by atoms with Gasteiger partial charge in [-0.25, -0.2) is 0 Å². The molecule has 7 aromatic carbocycles. The van der Waals surface area contributed by atoms with E-state index in [9.17, 15) is 10.2 Å². The zero-order chi connectivity index (χ0) is 52.7. The summed E-state index contributed by atoms with van der Waals surface area (Å²) in [7, 11) is 6.74. The molecule has 1 saturated heterocycles. The van der Waals surface area contributed by atoms with Crippen LogP contribution in [0.1, 0.15) is 38.9 Å². The number of aryl methyl sites for hydroxylation is 7. The number of aromatic nitrogens is 6. The summed E-state index contributed by atoms with van der Waals surface area (Å²) in [6.45, 7) is 17.7. The van der Waals surface area contributed by atoms with E-state index in [1.807, 2.05) is 102 Å². The van der Waals surface area contributed by atoms with Gasteiger partial charge in [0.2, 0.25) is 34.4 Å². The van der Waals surface area contributed by atoms with Gasteiger partial charge in [0.1, 0.15) is 19.2 Å². The first-order valence-electron chi connectivity index (χ1n) is 24.4. The van der Waals surface area contributed by atoms with E-state index in [4.69, 9.17) is 36.0 Å². The molecule has 0 saturated carbocycles. The van der Waals surface area contributed by atoms with Gasteiger partial charge in [-0.2, -0.15) is 40.1 Å². The van der Waals surface area contributed by atoms with Crippen LogP contribution in [-0.4, -0.2) is 92.1 Å². The number of hydrogen-bond donors (Lipinski definition) is 5. The van der Waals surface area contributed by atoms with Crippen LogP contribution in [-0.2, 0) is 0 Å². The number of nitrogens with zero attached hydrogens (tertiary/aromatic N) is 12. The largest absolute Gasteiger partial charge is 0.505 e. The van der Waals surface area contributed by atoms with Gasteiger partial charge in [0, 0.05) is 55.7 Å². The highest BCUT2D eigenvalue weighted by Crippen LogP contribution is 2.44. The number of phenolic OH excluding ortho intramolecular Hbond substituents is 2. The van der Waals surface area contributed by atoms with Crippen LogP contribution >= 0.6 is 23.2 Å².